The highest BCUT2D eigenvalue weighted by atomic mass is 19.3. The van der Waals surface area contributed by atoms with E-state index in [4.69, 9.17) is 0 Å². The third kappa shape index (κ3) is 1.19. The number of halogens is 2. The SMILES string of the molecule is FC1(F)CCC[n+]2[cH-]c3ccccc3c21. The highest BCUT2D eigenvalue weighted by molar-refractivity contribution is 5.84. The van der Waals surface area contributed by atoms with Crippen molar-refractivity contribution in [2.45, 2.75) is 25.3 Å². The lowest BCUT2D eigenvalue weighted by Crippen LogP contribution is -2.44. The molecule has 0 saturated heterocycles. The molecule has 0 spiro atoms. The zero-order valence-electron chi connectivity index (χ0n) is 8.21. The van der Waals surface area contributed by atoms with Crippen molar-refractivity contribution in [2.24, 2.45) is 0 Å². The van der Waals surface area contributed by atoms with Gasteiger partial charge in [0.1, 0.15) is 12.2 Å². The van der Waals surface area contributed by atoms with Gasteiger partial charge in [0.05, 0.1) is 6.20 Å². The lowest BCUT2D eigenvalue weighted by molar-refractivity contribution is -0.715. The second kappa shape index (κ2) is 2.81. The van der Waals surface area contributed by atoms with E-state index in [0.717, 1.165) is 5.39 Å². The molecule has 0 aliphatic carbocycles. The first kappa shape index (κ1) is 8.89. The Balaban J connectivity index is 2.37. The first-order valence-electron chi connectivity index (χ1n) is 5.15. The van der Waals surface area contributed by atoms with E-state index in [9.17, 15) is 8.78 Å². The van der Waals surface area contributed by atoms with Crippen LogP contribution in [0, 0.1) is 0 Å². The van der Waals surface area contributed by atoms with Crippen molar-refractivity contribution in [3.8, 4) is 0 Å². The van der Waals surface area contributed by atoms with Gasteiger partial charge in [-0.25, -0.2) is 8.78 Å². The van der Waals surface area contributed by atoms with Gasteiger partial charge >= 0.3 is 0 Å². The maximum atomic E-state index is 13.7. The summed E-state index contributed by atoms with van der Waals surface area (Å²) in [6, 6.07) is 7.36. The molecule has 1 aromatic heterocycles. The summed E-state index contributed by atoms with van der Waals surface area (Å²) < 4.78 is 29.2. The van der Waals surface area contributed by atoms with E-state index in [2.05, 4.69) is 0 Å². The molecule has 2 aromatic rings. The van der Waals surface area contributed by atoms with Gasteiger partial charge in [0, 0.05) is 12.8 Å². The van der Waals surface area contributed by atoms with Gasteiger partial charge in [-0.1, -0.05) is 16.8 Å². The molecule has 0 saturated carbocycles. The largest absolute Gasteiger partial charge is 0.290 e. The van der Waals surface area contributed by atoms with E-state index in [1.165, 1.54) is 0 Å². The average Bonchev–Trinajstić information content (AvgIpc) is 2.56. The van der Waals surface area contributed by atoms with Crippen LogP contribution >= 0.6 is 0 Å². The van der Waals surface area contributed by atoms with Crippen molar-refractivity contribution in [2.75, 3.05) is 0 Å². The van der Waals surface area contributed by atoms with Gasteiger partial charge in [-0.3, -0.25) is 4.57 Å². The molecule has 0 unspecified atom stereocenters. The molecule has 78 valence electrons. The first-order valence-corrected chi connectivity index (χ1v) is 5.15. The van der Waals surface area contributed by atoms with Crippen molar-refractivity contribution in [1.82, 2.24) is 0 Å². The van der Waals surface area contributed by atoms with E-state index < -0.39 is 5.92 Å². The van der Waals surface area contributed by atoms with E-state index in [0.29, 0.717) is 18.4 Å². The van der Waals surface area contributed by atoms with Crippen LogP contribution in [-0.4, -0.2) is 0 Å². The van der Waals surface area contributed by atoms with Crippen LogP contribution in [0.1, 0.15) is 18.5 Å². The Morgan fingerprint density at radius 2 is 2.07 bits per heavy atom. The van der Waals surface area contributed by atoms with Crippen LogP contribution in [0.4, 0.5) is 8.78 Å². The Labute approximate surface area is 86.3 Å². The molecule has 0 N–H and O–H groups in total. The van der Waals surface area contributed by atoms with Gasteiger partial charge in [0.25, 0.3) is 5.92 Å². The summed E-state index contributed by atoms with van der Waals surface area (Å²) >= 11 is 0. The Kier molecular flexibility index (Phi) is 1.67. The third-order valence-electron chi connectivity index (χ3n) is 3.03. The van der Waals surface area contributed by atoms with E-state index >= 15 is 0 Å². The predicted molar refractivity (Wildman–Crippen MR) is 52.9 cm³/mol. The fourth-order valence-electron chi connectivity index (χ4n) is 2.39. The minimum Gasteiger partial charge on any atom is -0.284 e. The summed E-state index contributed by atoms with van der Waals surface area (Å²) in [4.78, 5) is 0. The van der Waals surface area contributed by atoms with Crippen LogP contribution in [0.15, 0.2) is 30.5 Å². The average molecular weight is 207 g/mol. The monoisotopic (exact) mass is 207 g/mol. The first-order chi connectivity index (χ1) is 7.18. The van der Waals surface area contributed by atoms with Crippen LogP contribution in [0.3, 0.4) is 0 Å². The van der Waals surface area contributed by atoms with Crippen LogP contribution in [0.2, 0.25) is 0 Å². The maximum Gasteiger partial charge on any atom is 0.290 e. The molecule has 0 radical (unpaired) electrons. The zero-order valence-corrected chi connectivity index (χ0v) is 8.21. The molecular weight excluding hydrogens is 196 g/mol. The molecule has 0 amide bonds. The highest BCUT2D eigenvalue weighted by Crippen LogP contribution is 2.37. The fourth-order valence-corrected chi connectivity index (χ4v) is 2.39. The minimum absolute atomic E-state index is 0.0268. The van der Waals surface area contributed by atoms with Gasteiger partial charge in [-0.15, -0.1) is 18.2 Å². The van der Waals surface area contributed by atoms with Crippen molar-refractivity contribution in [1.29, 1.82) is 0 Å². The van der Waals surface area contributed by atoms with Crippen LogP contribution in [0.25, 0.3) is 10.8 Å². The lowest BCUT2D eigenvalue weighted by atomic mass is 10.0. The van der Waals surface area contributed by atoms with Gasteiger partial charge < -0.3 is 0 Å². The van der Waals surface area contributed by atoms with Crippen LogP contribution in [0.5, 0.6) is 0 Å². The van der Waals surface area contributed by atoms with Gasteiger partial charge in [-0.2, -0.15) is 0 Å². The Morgan fingerprint density at radius 3 is 2.93 bits per heavy atom. The number of nitrogens with zero attached hydrogens (tertiary/aromatic N) is 1. The van der Waals surface area contributed by atoms with Crippen molar-refractivity contribution in [3.05, 3.63) is 36.2 Å². The standard InChI is InChI=1S/C12H11F2N/c13-12(14)6-3-7-15-8-9-4-1-2-5-10(9)11(12)15/h1-2,4-5,8H,3,6-7H2. The molecule has 1 aliphatic rings. The molecule has 1 nitrogen and oxygen atoms in total. The van der Waals surface area contributed by atoms with Gasteiger partial charge in [0.15, 0.2) is 0 Å². The van der Waals surface area contributed by atoms with E-state index in [1.54, 1.807) is 10.6 Å². The van der Waals surface area contributed by atoms with Gasteiger partial charge in [0.2, 0.25) is 0 Å². The molecule has 1 aromatic carbocycles. The zero-order chi connectivity index (χ0) is 10.5. The lowest BCUT2D eigenvalue weighted by Gasteiger charge is -2.22. The molecular formula is C12H11F2N. The summed E-state index contributed by atoms with van der Waals surface area (Å²) in [6.07, 6.45) is 2.36. The fraction of sp³-hybridized carbons (Fsp3) is 0.333. The summed E-state index contributed by atoms with van der Waals surface area (Å²) in [5.74, 6) is -2.67. The van der Waals surface area contributed by atoms with Crippen LogP contribution in [-0.2, 0) is 12.5 Å². The molecule has 2 heterocycles. The highest BCUT2D eigenvalue weighted by Gasteiger charge is 2.40. The molecule has 1 aliphatic heterocycles. The molecule has 15 heavy (non-hydrogen) atoms. The maximum absolute atomic E-state index is 13.7. The quantitative estimate of drug-likeness (QED) is 0.462. The summed E-state index contributed by atoms with van der Waals surface area (Å²) in [6.45, 7) is 0.708. The van der Waals surface area contributed by atoms with E-state index in [1.807, 2.05) is 24.4 Å². The number of hydrogen-bond acceptors (Lipinski definition) is 0. The van der Waals surface area contributed by atoms with E-state index in [-0.39, 0.29) is 12.1 Å². The number of benzene rings is 1. The Hall–Kier alpha value is -1.38. The molecule has 0 fully saturated rings. The topological polar surface area (TPSA) is 3.88 Å². The molecule has 0 atom stereocenters. The van der Waals surface area contributed by atoms with Crippen molar-refractivity contribution < 1.29 is 13.3 Å². The van der Waals surface area contributed by atoms with Crippen molar-refractivity contribution in [3.63, 3.8) is 0 Å². The minimum atomic E-state index is -2.67. The second-order valence-electron chi connectivity index (χ2n) is 4.07. The normalized spacial score (nSPS) is 19.1. The van der Waals surface area contributed by atoms with Crippen LogP contribution < -0.4 is 4.57 Å². The smallest absolute Gasteiger partial charge is 0.284 e. The summed E-state index contributed by atoms with van der Waals surface area (Å²) in [5, 5.41) is 1.61. The molecule has 3 rings (SSSR count). The number of hydrogen-bond donors (Lipinski definition) is 0. The molecule has 3 heteroatoms. The predicted octanol–water partition coefficient (Wildman–Crippen LogP) is 2.73. The number of aryl methyl sites for hydroxylation is 1. The summed E-state index contributed by atoms with van der Waals surface area (Å²) in [5.41, 5.74) is 0.198. The number of aromatic nitrogens is 1. The summed E-state index contributed by atoms with van der Waals surface area (Å²) in [7, 11) is 0. The number of alkyl halides is 2. The van der Waals surface area contributed by atoms with Gasteiger partial charge in [-0.05, 0) is 0 Å². The Bertz CT molecular complexity index is 513. The number of fused-ring (bicyclic) bond motifs is 3. The second-order valence-corrected chi connectivity index (χ2v) is 4.07. The Morgan fingerprint density at radius 1 is 1.27 bits per heavy atom. The molecule has 0 bridgehead atoms. The van der Waals surface area contributed by atoms with Crippen molar-refractivity contribution >= 4 is 10.8 Å². The third-order valence-corrected chi connectivity index (χ3v) is 3.03. The number of rotatable bonds is 0.